The summed E-state index contributed by atoms with van der Waals surface area (Å²) in [5.41, 5.74) is 2.73. The zero-order valence-electron chi connectivity index (χ0n) is 15.5. The van der Waals surface area contributed by atoms with Gasteiger partial charge in [0.05, 0.1) is 12.0 Å². The highest BCUT2D eigenvalue weighted by Crippen LogP contribution is 2.43. The lowest BCUT2D eigenvalue weighted by molar-refractivity contribution is 0.370. The highest BCUT2D eigenvalue weighted by Gasteiger charge is 2.34. The lowest BCUT2D eigenvalue weighted by Crippen LogP contribution is -2.17. The van der Waals surface area contributed by atoms with Crippen LogP contribution >= 0.6 is 0 Å². The molecule has 5 heteroatoms. The van der Waals surface area contributed by atoms with E-state index in [9.17, 15) is 13.5 Å². The number of sulfone groups is 1. The van der Waals surface area contributed by atoms with Crippen LogP contribution in [0.4, 0.5) is 0 Å². The van der Waals surface area contributed by atoms with Gasteiger partial charge in [-0.25, -0.2) is 8.42 Å². The fraction of sp³-hybridized carbons (Fsp3) is 0.182. The van der Waals surface area contributed by atoms with Crippen LogP contribution < -0.4 is 4.74 Å². The maximum absolute atomic E-state index is 13.6. The molecular formula is C22H22O4S. The first-order valence-electron chi connectivity index (χ1n) is 8.58. The molecule has 0 aromatic heterocycles. The second-order valence-electron chi connectivity index (χ2n) is 6.49. The van der Waals surface area contributed by atoms with Crippen molar-refractivity contribution in [3.05, 3.63) is 89.0 Å². The van der Waals surface area contributed by atoms with E-state index in [2.05, 4.69) is 0 Å². The Kier molecular flexibility index (Phi) is 5.24. The van der Waals surface area contributed by atoms with E-state index in [-0.39, 0.29) is 16.4 Å². The van der Waals surface area contributed by atoms with Crippen LogP contribution in [0.15, 0.2) is 71.6 Å². The van der Waals surface area contributed by atoms with Gasteiger partial charge in [0.25, 0.3) is 0 Å². The summed E-state index contributed by atoms with van der Waals surface area (Å²) >= 11 is 0. The molecule has 1 atom stereocenters. The quantitative estimate of drug-likeness (QED) is 0.701. The van der Waals surface area contributed by atoms with Crippen molar-refractivity contribution in [1.29, 1.82) is 0 Å². The van der Waals surface area contributed by atoms with E-state index in [0.29, 0.717) is 11.1 Å². The third-order valence-electron chi connectivity index (χ3n) is 4.66. The van der Waals surface area contributed by atoms with Crippen molar-refractivity contribution in [2.24, 2.45) is 0 Å². The van der Waals surface area contributed by atoms with Gasteiger partial charge in [-0.3, -0.25) is 0 Å². The summed E-state index contributed by atoms with van der Waals surface area (Å²) in [4.78, 5) is 0.212. The molecule has 3 aromatic rings. The number of hydrogen-bond donors (Lipinski definition) is 1. The highest BCUT2D eigenvalue weighted by atomic mass is 32.2. The molecule has 4 nitrogen and oxygen atoms in total. The van der Waals surface area contributed by atoms with Gasteiger partial charge in [-0.05, 0) is 43.2 Å². The Labute approximate surface area is 160 Å². The van der Waals surface area contributed by atoms with Gasteiger partial charge < -0.3 is 9.84 Å². The van der Waals surface area contributed by atoms with Gasteiger partial charge in [0.1, 0.15) is 5.25 Å². The Bertz CT molecular complexity index is 1050. The fourth-order valence-corrected chi connectivity index (χ4v) is 5.07. The first-order valence-corrected chi connectivity index (χ1v) is 10.1. The number of ether oxygens (including phenoxy) is 1. The Balaban J connectivity index is 2.29. The van der Waals surface area contributed by atoms with E-state index in [1.807, 2.05) is 26.0 Å². The minimum absolute atomic E-state index is 0.163. The van der Waals surface area contributed by atoms with Gasteiger partial charge in [-0.1, -0.05) is 54.1 Å². The van der Waals surface area contributed by atoms with Crippen LogP contribution in [0, 0.1) is 13.8 Å². The number of phenols is 1. The maximum Gasteiger partial charge on any atom is 0.189 e. The molecule has 140 valence electrons. The third kappa shape index (κ3) is 3.55. The Hall–Kier alpha value is -2.79. The van der Waals surface area contributed by atoms with Crippen LogP contribution in [0.2, 0.25) is 0 Å². The Morgan fingerprint density at radius 3 is 2.11 bits per heavy atom. The van der Waals surface area contributed by atoms with Crippen LogP contribution in [0.25, 0.3) is 0 Å². The first kappa shape index (κ1) is 19.0. The lowest BCUT2D eigenvalue weighted by atomic mass is 9.99. The van der Waals surface area contributed by atoms with Gasteiger partial charge in [-0.15, -0.1) is 0 Å². The van der Waals surface area contributed by atoms with Crippen molar-refractivity contribution in [1.82, 2.24) is 0 Å². The Morgan fingerprint density at radius 1 is 0.852 bits per heavy atom. The molecule has 0 aliphatic carbocycles. The Morgan fingerprint density at radius 2 is 1.48 bits per heavy atom. The molecule has 3 rings (SSSR count). The summed E-state index contributed by atoms with van der Waals surface area (Å²) in [7, 11) is -2.37. The van der Waals surface area contributed by atoms with Gasteiger partial charge in [-0.2, -0.15) is 0 Å². The molecule has 0 amide bonds. The predicted molar refractivity (Wildman–Crippen MR) is 106 cm³/mol. The highest BCUT2D eigenvalue weighted by molar-refractivity contribution is 7.92. The number of phenolic OH excluding ortho intramolecular Hbond substituents is 1. The fourth-order valence-electron chi connectivity index (χ4n) is 3.16. The number of aryl methyl sites for hydroxylation is 2. The summed E-state index contributed by atoms with van der Waals surface area (Å²) in [5.74, 6) is 0.0779. The molecule has 1 N–H and O–H groups in total. The monoisotopic (exact) mass is 382 g/mol. The van der Waals surface area contributed by atoms with E-state index in [1.165, 1.54) is 7.11 Å². The van der Waals surface area contributed by atoms with E-state index in [0.717, 1.165) is 11.1 Å². The summed E-state index contributed by atoms with van der Waals surface area (Å²) < 4.78 is 32.4. The first-order chi connectivity index (χ1) is 12.9. The third-order valence-corrected chi connectivity index (χ3v) is 6.72. The molecule has 3 aromatic carbocycles. The number of para-hydroxylation sites is 1. The molecule has 0 spiro atoms. The average Bonchev–Trinajstić information content (AvgIpc) is 2.65. The van der Waals surface area contributed by atoms with Gasteiger partial charge >= 0.3 is 0 Å². The van der Waals surface area contributed by atoms with Crippen LogP contribution in [0.3, 0.4) is 0 Å². The number of methoxy groups -OCH3 is 1. The van der Waals surface area contributed by atoms with Gasteiger partial charge in [0.15, 0.2) is 21.3 Å². The second kappa shape index (κ2) is 7.45. The number of hydrogen-bond acceptors (Lipinski definition) is 4. The lowest BCUT2D eigenvalue weighted by Gasteiger charge is -2.22. The summed E-state index contributed by atoms with van der Waals surface area (Å²) in [6.07, 6.45) is 0. The average molecular weight is 382 g/mol. The molecule has 0 fully saturated rings. The smallest absolute Gasteiger partial charge is 0.189 e. The number of rotatable bonds is 5. The molecule has 0 radical (unpaired) electrons. The molecule has 1 unspecified atom stereocenters. The summed E-state index contributed by atoms with van der Waals surface area (Å²) in [5, 5.41) is 9.63. The minimum Gasteiger partial charge on any atom is -0.504 e. The van der Waals surface area contributed by atoms with Crippen molar-refractivity contribution in [3.63, 3.8) is 0 Å². The summed E-state index contributed by atoms with van der Waals surface area (Å²) in [6.45, 7) is 3.77. The van der Waals surface area contributed by atoms with Crippen LogP contribution in [0.5, 0.6) is 11.5 Å². The molecule has 0 saturated heterocycles. The largest absolute Gasteiger partial charge is 0.504 e. The standard InChI is InChI=1S/C22H22O4S/c1-15-11-13-17(14-12-15)27(24,25)22(18-8-5-4-7-16(18)2)19-9-6-10-20(26-3)21(19)23/h4-14,22-23H,1-3H3. The van der Waals surface area contributed by atoms with Crippen LogP contribution in [-0.2, 0) is 9.84 Å². The summed E-state index contributed by atoms with van der Waals surface area (Å²) in [6, 6.07) is 19.0. The van der Waals surface area contributed by atoms with Crippen LogP contribution in [-0.4, -0.2) is 20.6 Å². The molecule has 0 bridgehead atoms. The zero-order valence-corrected chi connectivity index (χ0v) is 16.3. The predicted octanol–water partition coefficient (Wildman–Crippen LogP) is 4.58. The number of aromatic hydroxyl groups is 1. The van der Waals surface area contributed by atoms with Crippen molar-refractivity contribution >= 4 is 9.84 Å². The van der Waals surface area contributed by atoms with E-state index in [1.54, 1.807) is 54.6 Å². The molecule has 27 heavy (non-hydrogen) atoms. The topological polar surface area (TPSA) is 63.6 Å². The van der Waals surface area contributed by atoms with E-state index in [4.69, 9.17) is 4.74 Å². The molecule has 0 heterocycles. The van der Waals surface area contributed by atoms with Gasteiger partial charge in [0.2, 0.25) is 0 Å². The second-order valence-corrected chi connectivity index (χ2v) is 8.53. The molecular weight excluding hydrogens is 360 g/mol. The van der Waals surface area contributed by atoms with E-state index >= 15 is 0 Å². The molecule has 0 aliphatic heterocycles. The zero-order chi connectivity index (χ0) is 19.6. The van der Waals surface area contributed by atoms with E-state index < -0.39 is 15.1 Å². The maximum atomic E-state index is 13.6. The normalized spacial score (nSPS) is 12.6. The van der Waals surface area contributed by atoms with Crippen LogP contribution in [0.1, 0.15) is 27.5 Å². The molecule has 0 saturated carbocycles. The van der Waals surface area contributed by atoms with Crippen molar-refractivity contribution in [2.45, 2.75) is 24.0 Å². The van der Waals surface area contributed by atoms with Crippen molar-refractivity contribution in [3.8, 4) is 11.5 Å². The van der Waals surface area contributed by atoms with Crippen molar-refractivity contribution < 1.29 is 18.3 Å². The SMILES string of the molecule is COc1cccc(C(c2ccccc2C)S(=O)(=O)c2ccc(C)cc2)c1O. The minimum atomic E-state index is -3.81. The van der Waals surface area contributed by atoms with Gasteiger partial charge in [0, 0.05) is 5.56 Å². The number of benzene rings is 3. The molecule has 0 aliphatic rings. The van der Waals surface area contributed by atoms with Crippen molar-refractivity contribution in [2.75, 3.05) is 7.11 Å².